The van der Waals surface area contributed by atoms with Crippen LogP contribution in [0.5, 0.6) is 0 Å². The molecule has 32 heavy (non-hydrogen) atoms. The van der Waals surface area contributed by atoms with Gasteiger partial charge in [0.2, 0.25) is 0 Å². The molecule has 3 aromatic rings. The van der Waals surface area contributed by atoms with Crippen LogP contribution in [0.3, 0.4) is 0 Å². The summed E-state index contributed by atoms with van der Waals surface area (Å²) in [6, 6.07) is 24.9. The molecule has 0 amide bonds. The third kappa shape index (κ3) is 7.38. The zero-order valence-corrected chi connectivity index (χ0v) is 22.3. The average molecular weight is 481 g/mol. The van der Waals surface area contributed by atoms with E-state index in [1.165, 1.54) is 16.7 Å². The van der Waals surface area contributed by atoms with Gasteiger partial charge in [-0.1, -0.05) is 65.2 Å². The van der Waals surface area contributed by atoms with E-state index in [1.807, 2.05) is 12.1 Å². The Bertz CT molecular complexity index is 976. The van der Waals surface area contributed by atoms with Gasteiger partial charge in [0.1, 0.15) is 10.7 Å². The summed E-state index contributed by atoms with van der Waals surface area (Å²) < 4.78 is 6.17. The van der Waals surface area contributed by atoms with E-state index in [0.29, 0.717) is 0 Å². The minimum Gasteiger partial charge on any atom is -0.404 e. The highest BCUT2D eigenvalue weighted by atomic mass is 32.2. The van der Waals surface area contributed by atoms with E-state index in [2.05, 4.69) is 101 Å². The Morgan fingerprint density at radius 1 is 0.688 bits per heavy atom. The lowest BCUT2D eigenvalue weighted by Crippen LogP contribution is -2.34. The molecule has 0 N–H and O–H groups in total. The summed E-state index contributed by atoms with van der Waals surface area (Å²) in [5, 5.41) is 0. The summed E-state index contributed by atoms with van der Waals surface area (Å²) in [5.74, 6) is 0.104. The van der Waals surface area contributed by atoms with Crippen molar-refractivity contribution in [3.63, 3.8) is 0 Å². The van der Waals surface area contributed by atoms with E-state index in [-0.39, 0.29) is 10.4 Å². The van der Waals surface area contributed by atoms with Gasteiger partial charge in [-0.15, -0.1) is 23.5 Å². The van der Waals surface area contributed by atoms with Crippen LogP contribution < -0.4 is 0 Å². The highest BCUT2D eigenvalue weighted by molar-refractivity contribution is 8.18. The van der Waals surface area contributed by atoms with Crippen molar-refractivity contribution in [2.24, 2.45) is 0 Å². The van der Waals surface area contributed by atoms with Crippen LogP contribution in [0.1, 0.15) is 28.4 Å². The number of Topliss-reactive ketones (excluding diaryl/α,β-unsaturated/α-hetero) is 1. The number of carbonyl (C=O) groups excluding carboxylic acids is 1. The number of ketones is 1. The number of carbonyl (C=O) groups is 1. The lowest BCUT2D eigenvalue weighted by atomic mass is 10.1. The predicted molar refractivity (Wildman–Crippen MR) is 141 cm³/mol. The summed E-state index contributed by atoms with van der Waals surface area (Å²) in [6.45, 7) is 12.6. The van der Waals surface area contributed by atoms with Gasteiger partial charge in [0.05, 0.1) is 0 Å². The monoisotopic (exact) mass is 480 g/mol. The van der Waals surface area contributed by atoms with Gasteiger partial charge in [-0.3, -0.25) is 4.79 Å². The smallest absolute Gasteiger partial charge is 0.188 e. The van der Waals surface area contributed by atoms with Crippen molar-refractivity contribution in [2.75, 3.05) is 0 Å². The van der Waals surface area contributed by atoms with Crippen LogP contribution in [0.25, 0.3) is 0 Å². The van der Waals surface area contributed by atoms with E-state index >= 15 is 0 Å². The van der Waals surface area contributed by atoms with E-state index < -0.39 is 14.4 Å². The zero-order chi connectivity index (χ0) is 23.3. The quantitative estimate of drug-likeness (QED) is 0.176. The SMILES string of the molecule is Cc1ccc(SC(Sc2ccc(C)cc2)C(=O)[C@H](O[Si](C)(C)C)c2ccc(C)cc2)cc1. The molecule has 0 saturated heterocycles. The van der Waals surface area contributed by atoms with Gasteiger partial charge >= 0.3 is 0 Å². The van der Waals surface area contributed by atoms with Gasteiger partial charge < -0.3 is 4.43 Å². The molecule has 0 aliphatic rings. The second kappa shape index (κ2) is 10.9. The summed E-state index contributed by atoms with van der Waals surface area (Å²) >= 11 is 3.21. The van der Waals surface area contributed by atoms with E-state index in [4.69, 9.17) is 4.43 Å². The first-order chi connectivity index (χ1) is 15.1. The van der Waals surface area contributed by atoms with Crippen LogP contribution in [-0.4, -0.2) is 18.7 Å². The maximum atomic E-state index is 14.0. The molecule has 0 radical (unpaired) electrons. The molecular formula is C27H32O2S2Si. The Kier molecular flexibility index (Phi) is 8.45. The number of hydrogen-bond donors (Lipinski definition) is 0. The van der Waals surface area contributed by atoms with Crippen molar-refractivity contribution in [1.82, 2.24) is 0 Å². The molecule has 0 aliphatic heterocycles. The standard InChI is InChI=1S/C27H32O2S2Si/c1-19-7-13-22(14-8-19)26(29-32(4,5)6)25(28)27(30-23-15-9-20(2)10-16-23)31-24-17-11-21(3)12-18-24/h7-18,26-27H,1-6H3/t26-/m1/s1. The number of hydrogen-bond acceptors (Lipinski definition) is 4. The van der Waals surface area contributed by atoms with Crippen molar-refractivity contribution in [2.45, 2.75) is 60.9 Å². The molecular weight excluding hydrogens is 449 g/mol. The van der Waals surface area contributed by atoms with Gasteiger partial charge in [-0.05, 0) is 70.2 Å². The molecule has 0 fully saturated rings. The summed E-state index contributed by atoms with van der Waals surface area (Å²) in [6.07, 6.45) is -0.567. The Labute approximate surface area is 202 Å². The molecule has 5 heteroatoms. The lowest BCUT2D eigenvalue weighted by Gasteiger charge is -2.28. The van der Waals surface area contributed by atoms with Crippen molar-refractivity contribution in [3.8, 4) is 0 Å². The predicted octanol–water partition coefficient (Wildman–Crippen LogP) is 7.98. The van der Waals surface area contributed by atoms with E-state index in [9.17, 15) is 4.79 Å². The second-order valence-electron chi connectivity index (χ2n) is 9.12. The van der Waals surface area contributed by atoms with Crippen molar-refractivity contribution in [1.29, 1.82) is 0 Å². The van der Waals surface area contributed by atoms with Gasteiger partial charge in [-0.2, -0.15) is 0 Å². The molecule has 1 atom stereocenters. The summed E-state index contributed by atoms with van der Waals surface area (Å²) in [4.78, 5) is 16.2. The maximum absolute atomic E-state index is 14.0. The number of rotatable bonds is 9. The molecule has 0 saturated carbocycles. The van der Waals surface area contributed by atoms with Crippen LogP contribution in [-0.2, 0) is 9.22 Å². The molecule has 0 bridgehead atoms. The van der Waals surface area contributed by atoms with E-state index in [0.717, 1.165) is 15.4 Å². The molecule has 3 rings (SSSR count). The minimum absolute atomic E-state index is 0.104. The van der Waals surface area contributed by atoms with Crippen LogP contribution in [0.4, 0.5) is 0 Å². The van der Waals surface area contributed by atoms with Gasteiger partial charge in [0, 0.05) is 9.79 Å². The van der Waals surface area contributed by atoms with Crippen molar-refractivity contribution >= 4 is 37.6 Å². The maximum Gasteiger partial charge on any atom is 0.188 e. The fraction of sp³-hybridized carbons (Fsp3) is 0.296. The first-order valence-corrected chi connectivity index (χ1v) is 16.0. The third-order valence-corrected chi connectivity index (χ3v) is 8.37. The Morgan fingerprint density at radius 2 is 1.06 bits per heavy atom. The molecule has 0 aromatic heterocycles. The van der Waals surface area contributed by atoms with Crippen LogP contribution in [0.2, 0.25) is 19.6 Å². The fourth-order valence-electron chi connectivity index (χ4n) is 3.13. The summed E-state index contributed by atoms with van der Waals surface area (Å²) in [5.41, 5.74) is 4.53. The van der Waals surface area contributed by atoms with Gasteiger partial charge in [-0.25, -0.2) is 0 Å². The molecule has 0 unspecified atom stereocenters. The second-order valence-corrected chi connectivity index (χ2v) is 16.2. The van der Waals surface area contributed by atoms with Crippen LogP contribution in [0.15, 0.2) is 82.6 Å². The summed E-state index contributed by atoms with van der Waals surface area (Å²) in [7, 11) is -1.96. The number of aryl methyl sites for hydroxylation is 3. The lowest BCUT2D eigenvalue weighted by molar-refractivity contribution is -0.124. The molecule has 168 valence electrons. The van der Waals surface area contributed by atoms with Crippen LogP contribution >= 0.6 is 23.5 Å². The van der Waals surface area contributed by atoms with Gasteiger partial charge in [0.25, 0.3) is 0 Å². The molecule has 2 nitrogen and oxygen atoms in total. The van der Waals surface area contributed by atoms with Gasteiger partial charge in [0.15, 0.2) is 14.1 Å². The Morgan fingerprint density at radius 3 is 1.44 bits per heavy atom. The zero-order valence-electron chi connectivity index (χ0n) is 19.7. The third-order valence-electron chi connectivity index (χ3n) is 4.87. The highest BCUT2D eigenvalue weighted by Crippen LogP contribution is 2.40. The molecule has 0 heterocycles. The van der Waals surface area contributed by atoms with Crippen molar-refractivity contribution in [3.05, 3.63) is 95.1 Å². The normalized spacial score (nSPS) is 12.7. The average Bonchev–Trinajstić information content (AvgIpc) is 2.74. The molecule has 0 aliphatic carbocycles. The minimum atomic E-state index is -1.96. The number of benzene rings is 3. The van der Waals surface area contributed by atoms with Crippen molar-refractivity contribution < 1.29 is 9.22 Å². The van der Waals surface area contributed by atoms with E-state index in [1.54, 1.807) is 23.5 Å². The molecule has 3 aromatic carbocycles. The Balaban J connectivity index is 1.96. The fourth-order valence-corrected chi connectivity index (χ4v) is 6.51. The Hall–Kier alpha value is -1.79. The first kappa shape index (κ1) is 24.8. The number of thioether (sulfide) groups is 2. The first-order valence-electron chi connectivity index (χ1n) is 10.9. The largest absolute Gasteiger partial charge is 0.404 e. The molecule has 0 spiro atoms. The topological polar surface area (TPSA) is 26.3 Å². The van der Waals surface area contributed by atoms with Crippen LogP contribution in [0, 0.1) is 20.8 Å². The highest BCUT2D eigenvalue weighted by Gasteiger charge is 2.34.